The van der Waals surface area contributed by atoms with Gasteiger partial charge in [-0.05, 0) is 48.0 Å². The first-order valence-electron chi connectivity index (χ1n) is 11.0. The van der Waals surface area contributed by atoms with Crippen LogP contribution in [-0.4, -0.2) is 47.5 Å². The number of amides is 2. The Morgan fingerprint density at radius 2 is 1.50 bits per heavy atom. The van der Waals surface area contributed by atoms with Crippen molar-refractivity contribution in [3.05, 3.63) is 108 Å². The van der Waals surface area contributed by atoms with Crippen molar-refractivity contribution in [2.24, 2.45) is 0 Å². The smallest absolute Gasteiger partial charge is 0.414 e. The maximum atomic E-state index is 12.7. The van der Waals surface area contributed by atoms with Crippen LogP contribution in [0.2, 0.25) is 0 Å². The number of imide groups is 1. The van der Waals surface area contributed by atoms with Gasteiger partial charge in [-0.2, -0.15) is 0 Å². The van der Waals surface area contributed by atoms with E-state index in [1.807, 2.05) is 0 Å². The third-order valence-electron chi connectivity index (χ3n) is 4.80. The number of aliphatic hydroxyl groups excluding tert-OH is 1. The maximum absolute atomic E-state index is 12.7. The van der Waals surface area contributed by atoms with Gasteiger partial charge >= 0.3 is 12.1 Å². The van der Waals surface area contributed by atoms with Crippen molar-refractivity contribution in [1.29, 1.82) is 0 Å². The summed E-state index contributed by atoms with van der Waals surface area (Å²) in [6.45, 7) is -0.0551. The summed E-state index contributed by atoms with van der Waals surface area (Å²) in [5.74, 6) is -0.993. The van der Waals surface area contributed by atoms with E-state index in [1.165, 1.54) is 6.08 Å². The number of aliphatic hydroxyl groups is 1. The Labute approximate surface area is 207 Å². The standard InChI is InChI=1S/C27H25NO8/c29-17-18-34-21-13-11-19(12-14-21)25(36-27(33)28-26(32)20-7-3-1-4-8-20)23(15-16-24(30)31)35-22-9-5-2-6-10-22/h1-16,23,25,29H,17-18H2,(H,30,31)(H,28,32,33)/b16-15+/t23-,25-/m1/s1. The number of hydrogen-bond donors (Lipinski definition) is 3. The molecule has 0 radical (unpaired) electrons. The lowest BCUT2D eigenvalue weighted by Crippen LogP contribution is -2.35. The quantitative estimate of drug-likeness (QED) is 0.346. The molecule has 0 heterocycles. The number of benzene rings is 3. The molecule has 3 N–H and O–H groups in total. The van der Waals surface area contributed by atoms with Gasteiger partial charge in [0.05, 0.1) is 6.61 Å². The SMILES string of the molecule is O=C(O)/C=C/[C@@H](Oc1ccccc1)[C@H](OC(=O)NC(=O)c1ccccc1)c1ccc(OCCO)cc1. The van der Waals surface area contributed by atoms with Crippen LogP contribution in [0.25, 0.3) is 0 Å². The molecule has 0 aromatic heterocycles. The lowest BCUT2D eigenvalue weighted by molar-refractivity contribution is -0.131. The zero-order valence-electron chi connectivity index (χ0n) is 19.2. The number of aliphatic carboxylic acids is 1. The van der Waals surface area contributed by atoms with Crippen molar-refractivity contribution in [3.63, 3.8) is 0 Å². The summed E-state index contributed by atoms with van der Waals surface area (Å²) < 4.78 is 16.9. The van der Waals surface area contributed by atoms with Gasteiger partial charge in [0.1, 0.15) is 18.1 Å². The lowest BCUT2D eigenvalue weighted by Gasteiger charge is -2.26. The van der Waals surface area contributed by atoms with Crippen LogP contribution in [0, 0.1) is 0 Å². The van der Waals surface area contributed by atoms with Crippen molar-refractivity contribution < 1.29 is 38.8 Å². The second kappa shape index (κ2) is 13.3. The van der Waals surface area contributed by atoms with Crippen LogP contribution < -0.4 is 14.8 Å². The number of nitrogens with one attached hydrogen (secondary N) is 1. The first-order chi connectivity index (χ1) is 17.5. The van der Waals surface area contributed by atoms with Gasteiger partial charge in [-0.3, -0.25) is 10.1 Å². The highest BCUT2D eigenvalue weighted by molar-refractivity contribution is 6.02. The highest BCUT2D eigenvalue weighted by atomic mass is 16.6. The summed E-state index contributed by atoms with van der Waals surface area (Å²) in [6, 6.07) is 23.2. The number of carbonyl (C=O) groups is 3. The van der Waals surface area contributed by atoms with Crippen LogP contribution in [-0.2, 0) is 9.53 Å². The number of ether oxygens (including phenoxy) is 3. The summed E-state index contributed by atoms with van der Waals surface area (Å²) in [5.41, 5.74) is 0.712. The fourth-order valence-electron chi connectivity index (χ4n) is 3.18. The third kappa shape index (κ3) is 8.00. The molecule has 186 valence electrons. The summed E-state index contributed by atoms with van der Waals surface area (Å²) in [4.78, 5) is 36.4. The molecule has 0 unspecified atom stereocenters. The molecule has 3 rings (SSSR count). The Balaban J connectivity index is 1.89. The van der Waals surface area contributed by atoms with E-state index >= 15 is 0 Å². The second-order valence-electron chi connectivity index (χ2n) is 7.38. The van der Waals surface area contributed by atoms with E-state index in [1.54, 1.807) is 84.9 Å². The van der Waals surface area contributed by atoms with Crippen LogP contribution in [0.1, 0.15) is 22.0 Å². The van der Waals surface area contributed by atoms with Crippen LogP contribution in [0.3, 0.4) is 0 Å². The Hall–Kier alpha value is -4.63. The van der Waals surface area contributed by atoms with E-state index in [0.29, 0.717) is 17.1 Å². The average Bonchev–Trinajstić information content (AvgIpc) is 2.90. The highest BCUT2D eigenvalue weighted by Gasteiger charge is 2.28. The monoisotopic (exact) mass is 491 g/mol. The average molecular weight is 491 g/mol. The molecule has 0 aliphatic rings. The summed E-state index contributed by atoms with van der Waals surface area (Å²) >= 11 is 0. The Bertz CT molecular complexity index is 1160. The van der Waals surface area contributed by atoms with Crippen molar-refractivity contribution in [3.8, 4) is 11.5 Å². The largest absolute Gasteiger partial charge is 0.491 e. The number of alkyl carbamates (subject to hydrolysis) is 1. The number of rotatable bonds is 11. The van der Waals surface area contributed by atoms with E-state index in [2.05, 4.69) is 5.32 Å². The molecular formula is C27H25NO8. The molecule has 36 heavy (non-hydrogen) atoms. The molecule has 0 spiro atoms. The molecule has 0 saturated carbocycles. The van der Waals surface area contributed by atoms with Crippen LogP contribution >= 0.6 is 0 Å². The minimum Gasteiger partial charge on any atom is -0.491 e. The molecule has 0 saturated heterocycles. The molecule has 0 bridgehead atoms. The first-order valence-corrected chi connectivity index (χ1v) is 11.0. The number of carbonyl (C=O) groups excluding carboxylic acids is 2. The first kappa shape index (κ1) is 26.0. The van der Waals surface area contributed by atoms with Gasteiger partial charge in [0.25, 0.3) is 5.91 Å². The van der Waals surface area contributed by atoms with Crippen LogP contribution in [0.5, 0.6) is 11.5 Å². The molecule has 0 aliphatic heterocycles. The molecule has 0 aliphatic carbocycles. The van der Waals surface area contributed by atoms with Gasteiger partial charge in [0.15, 0.2) is 12.2 Å². The topological polar surface area (TPSA) is 131 Å². The molecule has 3 aromatic rings. The van der Waals surface area contributed by atoms with Gasteiger partial charge < -0.3 is 24.4 Å². The Kier molecular flexibility index (Phi) is 9.60. The normalized spacial score (nSPS) is 12.4. The Morgan fingerprint density at radius 1 is 0.861 bits per heavy atom. The zero-order valence-corrected chi connectivity index (χ0v) is 19.2. The fraction of sp³-hybridized carbons (Fsp3) is 0.148. The third-order valence-corrected chi connectivity index (χ3v) is 4.80. The maximum Gasteiger partial charge on any atom is 0.414 e. The van der Waals surface area contributed by atoms with Crippen molar-refractivity contribution >= 4 is 18.0 Å². The predicted molar refractivity (Wildman–Crippen MR) is 130 cm³/mol. The summed E-state index contributed by atoms with van der Waals surface area (Å²) in [7, 11) is 0. The number of hydrogen-bond acceptors (Lipinski definition) is 7. The number of carboxylic acids is 1. The molecule has 9 nitrogen and oxygen atoms in total. The molecule has 9 heteroatoms. The Morgan fingerprint density at radius 3 is 2.11 bits per heavy atom. The number of para-hydroxylation sites is 1. The van der Waals surface area contributed by atoms with E-state index in [0.717, 1.165) is 6.08 Å². The van der Waals surface area contributed by atoms with Gasteiger partial charge in [-0.15, -0.1) is 0 Å². The van der Waals surface area contributed by atoms with Crippen molar-refractivity contribution in [1.82, 2.24) is 5.32 Å². The van der Waals surface area contributed by atoms with E-state index in [4.69, 9.17) is 19.3 Å². The molecule has 2 amide bonds. The lowest BCUT2D eigenvalue weighted by atomic mass is 10.0. The molecule has 2 atom stereocenters. The molecule has 3 aromatic carbocycles. The van der Waals surface area contributed by atoms with Gasteiger partial charge in [-0.1, -0.05) is 48.5 Å². The van der Waals surface area contributed by atoms with E-state index in [9.17, 15) is 19.5 Å². The van der Waals surface area contributed by atoms with Crippen LogP contribution in [0.4, 0.5) is 4.79 Å². The molecular weight excluding hydrogens is 466 g/mol. The predicted octanol–water partition coefficient (Wildman–Crippen LogP) is 3.75. The summed E-state index contributed by atoms with van der Waals surface area (Å²) in [6.07, 6.45) is -1.11. The number of carboxylic acid groups (broad SMARTS) is 1. The van der Waals surface area contributed by atoms with Crippen LogP contribution in [0.15, 0.2) is 97.1 Å². The van der Waals surface area contributed by atoms with Gasteiger partial charge in [-0.25, -0.2) is 9.59 Å². The fourth-order valence-corrected chi connectivity index (χ4v) is 3.18. The van der Waals surface area contributed by atoms with Crippen molar-refractivity contribution in [2.75, 3.05) is 13.2 Å². The highest BCUT2D eigenvalue weighted by Crippen LogP contribution is 2.28. The minimum atomic E-state index is -1.22. The van der Waals surface area contributed by atoms with Crippen molar-refractivity contribution in [2.45, 2.75) is 12.2 Å². The minimum absolute atomic E-state index is 0.102. The summed E-state index contributed by atoms with van der Waals surface area (Å²) in [5, 5.41) is 20.3. The van der Waals surface area contributed by atoms with E-state index < -0.39 is 30.2 Å². The molecule has 0 fully saturated rings. The zero-order chi connectivity index (χ0) is 25.8. The van der Waals surface area contributed by atoms with Gasteiger partial charge in [0.2, 0.25) is 0 Å². The van der Waals surface area contributed by atoms with Gasteiger partial charge in [0, 0.05) is 11.6 Å². The van der Waals surface area contributed by atoms with E-state index in [-0.39, 0.29) is 18.8 Å². The second-order valence-corrected chi connectivity index (χ2v) is 7.38.